The van der Waals surface area contributed by atoms with E-state index in [9.17, 15) is 0 Å². The summed E-state index contributed by atoms with van der Waals surface area (Å²) in [4.78, 5) is 2.38. The summed E-state index contributed by atoms with van der Waals surface area (Å²) in [5.41, 5.74) is 4.57. The van der Waals surface area contributed by atoms with Gasteiger partial charge in [-0.3, -0.25) is 0 Å². The Morgan fingerprint density at radius 3 is 2.37 bits per heavy atom. The van der Waals surface area contributed by atoms with Crippen molar-refractivity contribution in [3.05, 3.63) is 34.9 Å². The van der Waals surface area contributed by atoms with Crippen molar-refractivity contribution in [3.63, 3.8) is 0 Å². The van der Waals surface area contributed by atoms with Crippen molar-refractivity contribution in [3.8, 4) is 0 Å². The largest absolute Gasteiger partial charge is 0.318 e. The zero-order valence-corrected chi connectivity index (χ0v) is 13.5. The molecule has 1 rings (SSSR count). The molecule has 0 unspecified atom stereocenters. The van der Waals surface area contributed by atoms with Gasteiger partial charge in [0, 0.05) is 19.6 Å². The van der Waals surface area contributed by atoms with Crippen LogP contribution in [0.3, 0.4) is 0 Å². The third-order valence-corrected chi connectivity index (χ3v) is 3.72. The molecule has 2 nitrogen and oxygen atoms in total. The van der Waals surface area contributed by atoms with Crippen molar-refractivity contribution in [1.29, 1.82) is 0 Å². The molecule has 0 aromatic heterocycles. The Balaban J connectivity index is 2.60. The number of aryl methyl sites for hydroxylation is 1. The molecule has 0 saturated carbocycles. The molecule has 1 aromatic rings. The van der Waals surface area contributed by atoms with Crippen LogP contribution in [-0.2, 0) is 11.8 Å². The zero-order valence-electron chi connectivity index (χ0n) is 13.5. The number of rotatable bonds is 6. The quantitative estimate of drug-likeness (QED) is 0.848. The number of nitrogens with zero attached hydrogens (tertiary/aromatic N) is 1. The molecule has 19 heavy (non-hydrogen) atoms. The Bertz CT molecular complexity index is 391. The maximum atomic E-state index is 3.19. The second kappa shape index (κ2) is 7.06. The van der Waals surface area contributed by atoms with Crippen molar-refractivity contribution < 1.29 is 0 Å². The number of nitrogens with one attached hydrogen (secondary N) is 1. The van der Waals surface area contributed by atoms with Gasteiger partial charge in [-0.1, -0.05) is 39.0 Å². The molecule has 0 aliphatic heterocycles. The van der Waals surface area contributed by atoms with Crippen molar-refractivity contribution in [1.82, 2.24) is 10.2 Å². The minimum Gasteiger partial charge on any atom is -0.318 e. The molecule has 0 aliphatic rings. The van der Waals surface area contributed by atoms with E-state index < -0.39 is 0 Å². The monoisotopic (exact) mass is 262 g/mol. The van der Waals surface area contributed by atoms with E-state index in [1.54, 1.807) is 0 Å². The first-order valence-corrected chi connectivity index (χ1v) is 7.27. The van der Waals surface area contributed by atoms with Gasteiger partial charge < -0.3 is 10.2 Å². The van der Waals surface area contributed by atoms with E-state index in [0.717, 1.165) is 26.1 Å². The molecule has 0 amide bonds. The van der Waals surface area contributed by atoms with Gasteiger partial charge in [0.25, 0.3) is 0 Å². The molecule has 0 aliphatic carbocycles. The highest BCUT2D eigenvalue weighted by Gasteiger charge is 2.14. The Morgan fingerprint density at radius 2 is 1.84 bits per heavy atom. The molecular formula is C17H30N2. The predicted molar refractivity (Wildman–Crippen MR) is 85.0 cm³/mol. The normalized spacial score (nSPS) is 12.2. The molecule has 2 heteroatoms. The molecule has 1 aromatic carbocycles. The van der Waals surface area contributed by atoms with E-state index >= 15 is 0 Å². The van der Waals surface area contributed by atoms with Crippen LogP contribution in [0.1, 0.15) is 37.5 Å². The lowest BCUT2D eigenvalue weighted by atomic mass is 9.85. The summed E-state index contributed by atoms with van der Waals surface area (Å²) in [5.74, 6) is 0. The molecular weight excluding hydrogens is 232 g/mol. The molecule has 108 valence electrons. The van der Waals surface area contributed by atoms with Gasteiger partial charge in [-0.2, -0.15) is 0 Å². The van der Waals surface area contributed by atoms with Crippen LogP contribution in [0.25, 0.3) is 0 Å². The highest BCUT2D eigenvalue weighted by Crippen LogP contribution is 2.24. The standard InChI is InChI=1S/C17H30N2/c1-14-13-16(17(2,3)4)8-7-15(14)9-11-19(6)12-10-18-5/h7-8,13,18H,9-12H2,1-6H3. The number of hydrogen-bond acceptors (Lipinski definition) is 2. The Labute approximate surface area is 119 Å². The van der Waals surface area contributed by atoms with Crippen LogP contribution in [0.4, 0.5) is 0 Å². The van der Waals surface area contributed by atoms with Crippen LogP contribution >= 0.6 is 0 Å². The molecule has 0 atom stereocenters. The van der Waals surface area contributed by atoms with Crippen molar-refractivity contribution >= 4 is 0 Å². The first kappa shape index (κ1) is 16.2. The summed E-state index contributed by atoms with van der Waals surface area (Å²) < 4.78 is 0. The lowest BCUT2D eigenvalue weighted by Gasteiger charge is -2.21. The van der Waals surface area contributed by atoms with E-state index in [2.05, 4.69) is 63.2 Å². The number of likely N-dealkylation sites (N-methyl/N-ethyl adjacent to an activating group) is 2. The van der Waals surface area contributed by atoms with Gasteiger partial charge in [0.15, 0.2) is 0 Å². The van der Waals surface area contributed by atoms with Crippen LogP contribution in [0, 0.1) is 6.92 Å². The van der Waals surface area contributed by atoms with E-state index in [4.69, 9.17) is 0 Å². The minimum absolute atomic E-state index is 0.243. The van der Waals surface area contributed by atoms with Crippen LogP contribution in [0.5, 0.6) is 0 Å². The fraction of sp³-hybridized carbons (Fsp3) is 0.647. The third-order valence-electron chi connectivity index (χ3n) is 3.72. The number of hydrogen-bond donors (Lipinski definition) is 1. The zero-order chi connectivity index (χ0) is 14.5. The van der Waals surface area contributed by atoms with Gasteiger partial charge in [0.1, 0.15) is 0 Å². The maximum absolute atomic E-state index is 3.19. The SMILES string of the molecule is CNCCN(C)CCc1ccc(C(C)(C)C)cc1C. The Morgan fingerprint density at radius 1 is 1.16 bits per heavy atom. The lowest BCUT2D eigenvalue weighted by Crippen LogP contribution is -2.29. The smallest absolute Gasteiger partial charge is 0.0104 e. The van der Waals surface area contributed by atoms with Gasteiger partial charge in [0.05, 0.1) is 0 Å². The molecule has 0 saturated heterocycles. The summed E-state index contributed by atoms with van der Waals surface area (Å²) in [7, 11) is 4.19. The summed E-state index contributed by atoms with van der Waals surface area (Å²) >= 11 is 0. The second-order valence-electron chi connectivity index (χ2n) is 6.55. The van der Waals surface area contributed by atoms with Crippen molar-refractivity contribution in [2.24, 2.45) is 0 Å². The molecule has 0 radical (unpaired) electrons. The average Bonchev–Trinajstić information content (AvgIpc) is 2.33. The fourth-order valence-electron chi connectivity index (χ4n) is 2.17. The van der Waals surface area contributed by atoms with E-state index in [-0.39, 0.29) is 5.41 Å². The predicted octanol–water partition coefficient (Wildman–Crippen LogP) is 2.99. The Kier molecular flexibility index (Phi) is 6.02. The van der Waals surface area contributed by atoms with Gasteiger partial charge in [0.2, 0.25) is 0 Å². The van der Waals surface area contributed by atoms with Crippen molar-refractivity contribution in [2.45, 2.75) is 39.5 Å². The lowest BCUT2D eigenvalue weighted by molar-refractivity contribution is 0.339. The molecule has 1 N–H and O–H groups in total. The minimum atomic E-state index is 0.243. The average molecular weight is 262 g/mol. The first-order chi connectivity index (χ1) is 8.84. The van der Waals surface area contributed by atoms with Crippen molar-refractivity contribution in [2.75, 3.05) is 33.7 Å². The summed E-state index contributed by atoms with van der Waals surface area (Å²) in [6, 6.07) is 6.95. The summed E-state index contributed by atoms with van der Waals surface area (Å²) in [6.07, 6.45) is 1.14. The molecule has 0 spiro atoms. The molecule has 0 heterocycles. The maximum Gasteiger partial charge on any atom is 0.0104 e. The molecule has 0 fully saturated rings. The van der Waals surface area contributed by atoms with Gasteiger partial charge >= 0.3 is 0 Å². The highest BCUT2D eigenvalue weighted by atomic mass is 15.1. The van der Waals surface area contributed by atoms with Crippen LogP contribution in [0.2, 0.25) is 0 Å². The summed E-state index contributed by atoms with van der Waals surface area (Å²) in [6.45, 7) is 12.3. The topological polar surface area (TPSA) is 15.3 Å². The Hall–Kier alpha value is -0.860. The van der Waals surface area contributed by atoms with E-state index in [0.29, 0.717) is 0 Å². The van der Waals surface area contributed by atoms with Crippen LogP contribution in [0.15, 0.2) is 18.2 Å². The van der Waals surface area contributed by atoms with Gasteiger partial charge in [-0.05, 0) is 49.5 Å². The van der Waals surface area contributed by atoms with E-state index in [1.165, 1.54) is 16.7 Å². The molecule has 0 bridgehead atoms. The highest BCUT2D eigenvalue weighted by molar-refractivity contribution is 5.34. The first-order valence-electron chi connectivity index (χ1n) is 7.27. The fourth-order valence-corrected chi connectivity index (χ4v) is 2.17. The number of benzene rings is 1. The van der Waals surface area contributed by atoms with Crippen LogP contribution in [-0.4, -0.2) is 38.6 Å². The van der Waals surface area contributed by atoms with Gasteiger partial charge in [-0.15, -0.1) is 0 Å². The van der Waals surface area contributed by atoms with Crippen LogP contribution < -0.4 is 5.32 Å². The van der Waals surface area contributed by atoms with E-state index in [1.807, 2.05) is 7.05 Å². The van der Waals surface area contributed by atoms with Gasteiger partial charge in [-0.25, -0.2) is 0 Å². The summed E-state index contributed by atoms with van der Waals surface area (Å²) in [5, 5.41) is 3.19. The third kappa shape index (κ3) is 5.33. The second-order valence-corrected chi connectivity index (χ2v) is 6.55.